The molecule has 1 amide bonds. The van der Waals surface area contributed by atoms with Gasteiger partial charge in [-0.25, -0.2) is 0 Å². The third kappa shape index (κ3) is 3.72. The number of carbonyl (C=O) groups is 2. The Labute approximate surface area is 179 Å². The molecule has 6 heteroatoms. The molecule has 1 saturated heterocycles. The molecule has 1 N–H and O–H groups in total. The van der Waals surface area contributed by atoms with Crippen LogP contribution in [0.5, 0.6) is 0 Å². The third-order valence-electron chi connectivity index (χ3n) is 5.13. The van der Waals surface area contributed by atoms with Crippen LogP contribution in [0.15, 0.2) is 78.6 Å². The van der Waals surface area contributed by atoms with Gasteiger partial charge in [-0.05, 0) is 36.2 Å². The lowest BCUT2D eigenvalue weighted by Crippen LogP contribution is -2.29. The number of pyridine rings is 1. The van der Waals surface area contributed by atoms with Gasteiger partial charge in [-0.3, -0.25) is 14.6 Å². The normalized spacial score (nSPS) is 18.1. The number of aliphatic hydroxyl groups excluding tert-OH is 1. The molecule has 0 saturated carbocycles. The van der Waals surface area contributed by atoms with Gasteiger partial charge in [0.1, 0.15) is 5.76 Å². The zero-order valence-electron chi connectivity index (χ0n) is 16.2. The number of rotatable bonds is 4. The van der Waals surface area contributed by atoms with Crippen molar-refractivity contribution in [2.45, 2.75) is 19.5 Å². The number of halogens is 1. The Kier molecular flexibility index (Phi) is 5.38. The molecule has 1 aliphatic rings. The molecule has 1 aromatic heterocycles. The number of amides is 1. The average molecular weight is 419 g/mol. The van der Waals surface area contributed by atoms with E-state index in [1.165, 1.54) is 4.90 Å². The Morgan fingerprint density at radius 1 is 1.07 bits per heavy atom. The van der Waals surface area contributed by atoms with E-state index in [9.17, 15) is 14.7 Å². The monoisotopic (exact) mass is 418 g/mol. The molecule has 0 radical (unpaired) electrons. The van der Waals surface area contributed by atoms with Crippen molar-refractivity contribution in [2.24, 2.45) is 0 Å². The van der Waals surface area contributed by atoms with Crippen molar-refractivity contribution in [3.63, 3.8) is 0 Å². The Balaban J connectivity index is 1.85. The fraction of sp³-hybridized carbons (Fsp3) is 0.125. The number of aliphatic hydroxyl groups is 1. The molecule has 2 aromatic carbocycles. The van der Waals surface area contributed by atoms with Gasteiger partial charge in [0.15, 0.2) is 0 Å². The van der Waals surface area contributed by atoms with Gasteiger partial charge in [-0.1, -0.05) is 59.6 Å². The van der Waals surface area contributed by atoms with Crippen molar-refractivity contribution in [1.82, 2.24) is 9.88 Å². The van der Waals surface area contributed by atoms with E-state index in [1.807, 2.05) is 25.1 Å². The van der Waals surface area contributed by atoms with Crippen LogP contribution in [0.2, 0.25) is 5.02 Å². The largest absolute Gasteiger partial charge is 0.507 e. The van der Waals surface area contributed by atoms with Gasteiger partial charge in [0, 0.05) is 29.5 Å². The highest BCUT2D eigenvalue weighted by Gasteiger charge is 2.46. The molecule has 1 atom stereocenters. The average Bonchev–Trinajstić information content (AvgIpc) is 3.00. The molecule has 1 fully saturated rings. The van der Waals surface area contributed by atoms with Crippen LogP contribution in [-0.2, 0) is 16.1 Å². The third-order valence-corrected chi connectivity index (χ3v) is 5.38. The zero-order chi connectivity index (χ0) is 21.3. The molecule has 3 aromatic rings. The quantitative estimate of drug-likeness (QED) is 0.380. The number of hydrogen-bond acceptors (Lipinski definition) is 4. The topological polar surface area (TPSA) is 70.5 Å². The molecular weight excluding hydrogens is 400 g/mol. The maximum Gasteiger partial charge on any atom is 0.295 e. The lowest BCUT2D eigenvalue weighted by molar-refractivity contribution is -0.140. The highest BCUT2D eigenvalue weighted by Crippen LogP contribution is 2.40. The van der Waals surface area contributed by atoms with Crippen LogP contribution in [0.25, 0.3) is 5.76 Å². The summed E-state index contributed by atoms with van der Waals surface area (Å²) < 4.78 is 0. The van der Waals surface area contributed by atoms with Crippen LogP contribution in [0.1, 0.15) is 28.3 Å². The molecule has 5 nitrogen and oxygen atoms in total. The van der Waals surface area contributed by atoms with Crippen LogP contribution >= 0.6 is 11.6 Å². The highest BCUT2D eigenvalue weighted by molar-refractivity contribution is 6.46. The van der Waals surface area contributed by atoms with E-state index in [0.29, 0.717) is 16.1 Å². The predicted molar refractivity (Wildman–Crippen MR) is 115 cm³/mol. The van der Waals surface area contributed by atoms with E-state index in [-0.39, 0.29) is 17.9 Å². The Hall–Kier alpha value is -3.44. The van der Waals surface area contributed by atoms with Gasteiger partial charge >= 0.3 is 0 Å². The van der Waals surface area contributed by atoms with Crippen LogP contribution in [0.4, 0.5) is 0 Å². The Bertz CT molecular complexity index is 1120. The number of nitrogens with zero attached hydrogens (tertiary/aromatic N) is 2. The molecule has 4 rings (SSSR count). The standard InChI is InChI=1S/C24H19ClN2O3/c1-15-4-6-18(7-5-15)22(28)20-21(17-8-10-19(25)11-9-17)27(24(30)23(20)29)14-16-3-2-12-26-13-16/h2-13,21,28H,14H2,1H3/t21-/m0/s1. The van der Waals surface area contributed by atoms with Gasteiger partial charge in [-0.2, -0.15) is 0 Å². The van der Waals surface area contributed by atoms with E-state index in [2.05, 4.69) is 4.98 Å². The molecule has 0 aliphatic carbocycles. The van der Waals surface area contributed by atoms with Gasteiger partial charge in [0.25, 0.3) is 11.7 Å². The van der Waals surface area contributed by atoms with Crippen LogP contribution < -0.4 is 0 Å². The number of likely N-dealkylation sites (tertiary alicyclic amines) is 1. The highest BCUT2D eigenvalue weighted by atomic mass is 35.5. The Morgan fingerprint density at radius 2 is 1.77 bits per heavy atom. The number of ketones is 1. The number of aromatic nitrogens is 1. The molecule has 150 valence electrons. The van der Waals surface area contributed by atoms with Crippen molar-refractivity contribution in [2.75, 3.05) is 0 Å². The first-order valence-corrected chi connectivity index (χ1v) is 9.83. The summed E-state index contributed by atoms with van der Waals surface area (Å²) in [7, 11) is 0. The van der Waals surface area contributed by atoms with Crippen LogP contribution in [0, 0.1) is 6.92 Å². The number of aryl methyl sites for hydroxylation is 1. The minimum atomic E-state index is -0.733. The molecule has 0 spiro atoms. The van der Waals surface area contributed by atoms with Gasteiger partial charge in [0.05, 0.1) is 11.6 Å². The van der Waals surface area contributed by atoms with E-state index >= 15 is 0 Å². The number of benzene rings is 2. The fourth-order valence-corrected chi connectivity index (χ4v) is 3.72. The van der Waals surface area contributed by atoms with Crippen molar-refractivity contribution in [1.29, 1.82) is 0 Å². The zero-order valence-corrected chi connectivity index (χ0v) is 17.0. The summed E-state index contributed by atoms with van der Waals surface area (Å²) in [5.41, 5.74) is 3.05. The summed E-state index contributed by atoms with van der Waals surface area (Å²) in [6.45, 7) is 2.13. The van der Waals surface area contributed by atoms with Crippen molar-refractivity contribution in [3.8, 4) is 0 Å². The minimum absolute atomic E-state index is 0.0649. The summed E-state index contributed by atoms with van der Waals surface area (Å²) in [5.74, 6) is -1.56. The smallest absolute Gasteiger partial charge is 0.295 e. The maximum atomic E-state index is 13.0. The van der Waals surface area contributed by atoms with Crippen LogP contribution in [0.3, 0.4) is 0 Å². The van der Waals surface area contributed by atoms with Crippen molar-refractivity contribution < 1.29 is 14.7 Å². The van der Waals surface area contributed by atoms with Gasteiger partial charge in [-0.15, -0.1) is 0 Å². The first-order valence-electron chi connectivity index (χ1n) is 9.45. The number of Topliss-reactive ketones (excluding diaryl/α,β-unsaturated/α-hetero) is 1. The minimum Gasteiger partial charge on any atom is -0.507 e. The number of hydrogen-bond donors (Lipinski definition) is 1. The second-order valence-corrected chi connectivity index (χ2v) is 7.64. The summed E-state index contributed by atoms with van der Waals surface area (Å²) in [5, 5.41) is 11.6. The van der Waals surface area contributed by atoms with Crippen LogP contribution in [-0.4, -0.2) is 26.7 Å². The van der Waals surface area contributed by atoms with Crippen molar-refractivity contribution >= 4 is 29.1 Å². The number of carbonyl (C=O) groups excluding carboxylic acids is 2. The van der Waals surface area contributed by atoms with Gasteiger partial charge < -0.3 is 10.0 Å². The lowest BCUT2D eigenvalue weighted by Gasteiger charge is -2.25. The molecular formula is C24H19ClN2O3. The van der Waals surface area contributed by atoms with E-state index in [4.69, 9.17) is 11.6 Å². The summed E-state index contributed by atoms with van der Waals surface area (Å²) in [4.78, 5) is 31.5. The lowest BCUT2D eigenvalue weighted by atomic mass is 9.95. The molecule has 1 aliphatic heterocycles. The SMILES string of the molecule is Cc1ccc(C(O)=C2C(=O)C(=O)N(Cc3cccnc3)[C@H]2c2ccc(Cl)cc2)cc1. The molecule has 2 heterocycles. The summed E-state index contributed by atoms with van der Waals surface area (Å²) in [6.07, 6.45) is 3.30. The van der Waals surface area contributed by atoms with E-state index in [1.54, 1.807) is 54.9 Å². The fourth-order valence-electron chi connectivity index (χ4n) is 3.59. The molecule has 0 bridgehead atoms. The van der Waals surface area contributed by atoms with E-state index < -0.39 is 17.7 Å². The Morgan fingerprint density at radius 3 is 2.40 bits per heavy atom. The second-order valence-electron chi connectivity index (χ2n) is 7.21. The summed E-state index contributed by atoms with van der Waals surface area (Å²) in [6, 6.07) is 17.0. The summed E-state index contributed by atoms with van der Waals surface area (Å²) >= 11 is 6.03. The second kappa shape index (κ2) is 8.13. The van der Waals surface area contributed by atoms with E-state index in [0.717, 1.165) is 11.1 Å². The first-order chi connectivity index (χ1) is 14.5. The predicted octanol–water partition coefficient (Wildman–Crippen LogP) is 4.67. The first kappa shape index (κ1) is 19.9. The van der Waals surface area contributed by atoms with Gasteiger partial charge in [0.2, 0.25) is 0 Å². The van der Waals surface area contributed by atoms with Crippen molar-refractivity contribution in [3.05, 3.63) is 106 Å². The molecule has 30 heavy (non-hydrogen) atoms. The molecule has 0 unspecified atom stereocenters. The maximum absolute atomic E-state index is 13.0.